The number of para-hydroxylation sites is 1. The topological polar surface area (TPSA) is 63.2 Å². The van der Waals surface area contributed by atoms with Gasteiger partial charge in [-0.2, -0.15) is 0 Å². The van der Waals surface area contributed by atoms with E-state index in [4.69, 9.17) is 9.73 Å². The quantitative estimate of drug-likeness (QED) is 0.182. The maximum absolute atomic E-state index is 11.1. The van der Waals surface area contributed by atoms with E-state index in [0.29, 0.717) is 6.42 Å². The van der Waals surface area contributed by atoms with Crippen LogP contribution in [0.1, 0.15) is 45.4 Å². The van der Waals surface area contributed by atoms with E-state index in [1.165, 1.54) is 7.11 Å². The van der Waals surface area contributed by atoms with Crippen molar-refractivity contribution < 1.29 is 14.3 Å². The molecular formula is C21H34IN3O3. The van der Waals surface area contributed by atoms with Crippen LogP contribution in [0.15, 0.2) is 35.3 Å². The first-order valence-electron chi connectivity index (χ1n) is 10.0. The largest absolute Gasteiger partial charge is 0.490 e. The molecule has 158 valence electrons. The predicted molar refractivity (Wildman–Crippen MR) is 124 cm³/mol. The summed E-state index contributed by atoms with van der Waals surface area (Å²) < 4.78 is 10.7. The summed E-state index contributed by atoms with van der Waals surface area (Å²) in [6.07, 6.45) is 5.60. The number of rotatable bonds is 9. The maximum Gasteiger partial charge on any atom is 0.305 e. The summed E-state index contributed by atoms with van der Waals surface area (Å²) in [4.78, 5) is 18.2. The molecule has 1 heterocycles. The standard InChI is InChI=1S/C21H33N3O3.HI/c1-3-22-21(23-15-9-5-8-12-20(25)26-2)24-16-13-19(14-17-24)27-18-10-6-4-7-11-18;/h4,6-7,10-11,19H,3,5,8-9,12-17H2,1-2H3,(H,22,23);1H. The van der Waals surface area contributed by atoms with Crippen molar-refractivity contribution in [3.8, 4) is 5.75 Å². The molecule has 28 heavy (non-hydrogen) atoms. The Bertz CT molecular complexity index is 576. The van der Waals surface area contributed by atoms with Crippen molar-refractivity contribution >= 4 is 35.9 Å². The van der Waals surface area contributed by atoms with Gasteiger partial charge in [0.2, 0.25) is 0 Å². The molecule has 6 nitrogen and oxygen atoms in total. The summed E-state index contributed by atoms with van der Waals surface area (Å²) in [7, 11) is 1.43. The highest BCUT2D eigenvalue weighted by molar-refractivity contribution is 14.0. The van der Waals surface area contributed by atoms with Crippen LogP contribution in [-0.2, 0) is 9.53 Å². The number of ether oxygens (including phenoxy) is 2. The molecule has 0 unspecified atom stereocenters. The second-order valence-corrected chi connectivity index (χ2v) is 6.74. The minimum absolute atomic E-state index is 0. The molecule has 1 aliphatic heterocycles. The fourth-order valence-corrected chi connectivity index (χ4v) is 3.15. The lowest BCUT2D eigenvalue weighted by Gasteiger charge is -2.34. The molecule has 0 atom stereocenters. The van der Waals surface area contributed by atoms with Gasteiger partial charge in [-0.15, -0.1) is 24.0 Å². The molecule has 0 radical (unpaired) electrons. The third-order valence-electron chi connectivity index (χ3n) is 4.65. The monoisotopic (exact) mass is 503 g/mol. The lowest BCUT2D eigenvalue weighted by Crippen LogP contribution is -2.47. The third-order valence-corrected chi connectivity index (χ3v) is 4.65. The predicted octanol–water partition coefficient (Wildman–Crippen LogP) is 3.85. The number of likely N-dealkylation sites (tertiary alicyclic amines) is 1. The third kappa shape index (κ3) is 9.12. The van der Waals surface area contributed by atoms with Gasteiger partial charge in [-0.25, -0.2) is 0 Å². The van der Waals surface area contributed by atoms with E-state index < -0.39 is 0 Å². The summed E-state index contributed by atoms with van der Waals surface area (Å²) in [6, 6.07) is 10.0. The molecule has 1 aliphatic rings. The SMILES string of the molecule is CCNC(=NCCCCCC(=O)OC)N1CCC(Oc2ccccc2)CC1.I. The van der Waals surface area contributed by atoms with Crippen LogP contribution in [0.25, 0.3) is 0 Å². The highest BCUT2D eigenvalue weighted by atomic mass is 127. The van der Waals surface area contributed by atoms with Crippen molar-refractivity contribution in [2.24, 2.45) is 4.99 Å². The number of halogens is 1. The van der Waals surface area contributed by atoms with Crippen molar-refractivity contribution in [3.05, 3.63) is 30.3 Å². The number of nitrogens with zero attached hydrogens (tertiary/aromatic N) is 2. The fourth-order valence-electron chi connectivity index (χ4n) is 3.15. The minimum Gasteiger partial charge on any atom is -0.490 e. The van der Waals surface area contributed by atoms with Crippen LogP contribution >= 0.6 is 24.0 Å². The Hall–Kier alpha value is -1.51. The molecule has 1 fully saturated rings. The first-order valence-corrected chi connectivity index (χ1v) is 10.0. The Morgan fingerprint density at radius 2 is 1.89 bits per heavy atom. The van der Waals surface area contributed by atoms with Gasteiger partial charge in [0.1, 0.15) is 11.9 Å². The number of esters is 1. The summed E-state index contributed by atoms with van der Waals surface area (Å²) in [5, 5.41) is 3.40. The van der Waals surface area contributed by atoms with E-state index >= 15 is 0 Å². The first kappa shape index (κ1) is 24.5. The molecule has 0 bridgehead atoms. The number of guanidine groups is 1. The maximum atomic E-state index is 11.1. The average molecular weight is 503 g/mol. The van der Waals surface area contributed by atoms with E-state index in [2.05, 4.69) is 21.9 Å². The number of aliphatic imine (C=N–C) groups is 1. The molecule has 7 heteroatoms. The highest BCUT2D eigenvalue weighted by Gasteiger charge is 2.22. The zero-order chi connectivity index (χ0) is 19.3. The van der Waals surface area contributed by atoms with Crippen LogP contribution in [0.3, 0.4) is 0 Å². The van der Waals surface area contributed by atoms with Crippen LogP contribution in [0.2, 0.25) is 0 Å². The molecule has 1 aromatic rings. The second-order valence-electron chi connectivity index (χ2n) is 6.74. The molecule has 1 aromatic carbocycles. The van der Waals surface area contributed by atoms with Gasteiger partial charge in [-0.3, -0.25) is 9.79 Å². The molecule has 0 spiro atoms. The molecule has 2 rings (SSSR count). The van der Waals surface area contributed by atoms with Crippen molar-refractivity contribution in [1.82, 2.24) is 10.2 Å². The number of benzene rings is 1. The number of piperidine rings is 1. The Kier molecular flexibility index (Phi) is 12.7. The van der Waals surface area contributed by atoms with Gasteiger partial charge in [0, 0.05) is 45.4 Å². The normalized spacial score (nSPS) is 14.9. The minimum atomic E-state index is -0.132. The Balaban J connectivity index is 0.00000392. The van der Waals surface area contributed by atoms with Gasteiger partial charge < -0.3 is 19.7 Å². The van der Waals surface area contributed by atoms with Crippen LogP contribution in [0, 0.1) is 0 Å². The number of hydrogen-bond acceptors (Lipinski definition) is 4. The van der Waals surface area contributed by atoms with E-state index in [9.17, 15) is 4.79 Å². The molecule has 0 amide bonds. The zero-order valence-electron chi connectivity index (χ0n) is 17.1. The average Bonchev–Trinajstić information content (AvgIpc) is 2.71. The number of hydrogen-bond donors (Lipinski definition) is 1. The van der Waals surface area contributed by atoms with Crippen molar-refractivity contribution in [2.45, 2.75) is 51.6 Å². The first-order chi connectivity index (χ1) is 13.2. The zero-order valence-corrected chi connectivity index (χ0v) is 19.4. The van der Waals surface area contributed by atoms with Gasteiger partial charge in [0.25, 0.3) is 0 Å². The van der Waals surface area contributed by atoms with Crippen molar-refractivity contribution in [3.63, 3.8) is 0 Å². The van der Waals surface area contributed by atoms with Crippen LogP contribution in [0.4, 0.5) is 0 Å². The Labute approximate surface area is 186 Å². The molecular weight excluding hydrogens is 469 g/mol. The number of nitrogens with one attached hydrogen (secondary N) is 1. The van der Waals surface area contributed by atoms with E-state index in [-0.39, 0.29) is 36.0 Å². The highest BCUT2D eigenvalue weighted by Crippen LogP contribution is 2.18. The molecule has 0 aromatic heterocycles. The van der Waals surface area contributed by atoms with E-state index in [0.717, 1.165) is 70.0 Å². The van der Waals surface area contributed by atoms with Gasteiger partial charge in [-0.05, 0) is 31.9 Å². The number of unbranched alkanes of at least 4 members (excludes halogenated alkanes) is 2. The van der Waals surface area contributed by atoms with E-state index in [1.807, 2.05) is 30.3 Å². The van der Waals surface area contributed by atoms with Crippen LogP contribution < -0.4 is 10.1 Å². The Morgan fingerprint density at radius 1 is 1.18 bits per heavy atom. The van der Waals surface area contributed by atoms with Crippen molar-refractivity contribution in [2.75, 3.05) is 33.3 Å². The summed E-state index contributed by atoms with van der Waals surface area (Å²) >= 11 is 0. The number of carbonyl (C=O) groups excluding carboxylic acids is 1. The van der Waals surface area contributed by atoms with Gasteiger partial charge >= 0.3 is 5.97 Å². The summed E-state index contributed by atoms with van der Waals surface area (Å²) in [6.45, 7) is 5.64. The summed E-state index contributed by atoms with van der Waals surface area (Å²) in [5.41, 5.74) is 0. The molecule has 1 saturated heterocycles. The van der Waals surface area contributed by atoms with Gasteiger partial charge in [0.05, 0.1) is 7.11 Å². The smallest absolute Gasteiger partial charge is 0.305 e. The Morgan fingerprint density at radius 3 is 2.54 bits per heavy atom. The number of carbonyl (C=O) groups is 1. The molecule has 0 aliphatic carbocycles. The van der Waals surface area contributed by atoms with Crippen molar-refractivity contribution in [1.29, 1.82) is 0 Å². The number of methoxy groups -OCH3 is 1. The van der Waals surface area contributed by atoms with Crippen LogP contribution in [-0.4, -0.2) is 56.2 Å². The van der Waals surface area contributed by atoms with E-state index in [1.54, 1.807) is 0 Å². The second kappa shape index (κ2) is 14.5. The van der Waals surface area contributed by atoms with Crippen LogP contribution in [0.5, 0.6) is 5.75 Å². The summed E-state index contributed by atoms with van der Waals surface area (Å²) in [5.74, 6) is 1.81. The molecule has 0 saturated carbocycles. The lowest BCUT2D eigenvalue weighted by molar-refractivity contribution is -0.140. The molecule has 1 N–H and O–H groups in total. The van der Waals surface area contributed by atoms with Gasteiger partial charge in [0.15, 0.2) is 5.96 Å². The lowest BCUT2D eigenvalue weighted by atomic mass is 10.1. The fraction of sp³-hybridized carbons (Fsp3) is 0.619. The van der Waals surface area contributed by atoms with Gasteiger partial charge in [-0.1, -0.05) is 24.6 Å².